The molecule has 0 aliphatic carbocycles. The van der Waals surface area contributed by atoms with Gasteiger partial charge in [0.25, 0.3) is 0 Å². The summed E-state index contributed by atoms with van der Waals surface area (Å²) >= 11 is 0. The van der Waals surface area contributed by atoms with Crippen molar-refractivity contribution in [3.63, 3.8) is 0 Å². The van der Waals surface area contributed by atoms with Gasteiger partial charge in [-0.3, -0.25) is 13.4 Å². The van der Waals surface area contributed by atoms with Gasteiger partial charge in [-0.1, -0.05) is 48.5 Å². The molecule has 2 heterocycles. The van der Waals surface area contributed by atoms with Crippen molar-refractivity contribution in [2.24, 2.45) is 5.10 Å². The lowest BCUT2D eigenvalue weighted by atomic mass is 9.81. The predicted molar refractivity (Wildman–Crippen MR) is 114 cm³/mol. The molecule has 0 atom stereocenters. The summed E-state index contributed by atoms with van der Waals surface area (Å²) in [6.45, 7) is 5.51. The molecular formula is C22H24N3O4S-. The fourth-order valence-corrected chi connectivity index (χ4v) is 3.87. The fourth-order valence-electron chi connectivity index (χ4n) is 3.87. The highest BCUT2D eigenvalue weighted by Crippen LogP contribution is 2.39. The van der Waals surface area contributed by atoms with Gasteiger partial charge in [-0.25, -0.2) is 0 Å². The van der Waals surface area contributed by atoms with Crippen molar-refractivity contribution in [3.05, 3.63) is 78.0 Å². The van der Waals surface area contributed by atoms with Crippen LogP contribution in [0.1, 0.15) is 31.4 Å². The largest absolute Gasteiger partial charge is 0.759 e. The maximum absolute atomic E-state index is 8.52. The summed E-state index contributed by atoms with van der Waals surface area (Å²) in [6.07, 6.45) is 5.33. The van der Waals surface area contributed by atoms with Gasteiger partial charge in [0.05, 0.1) is 11.1 Å². The highest BCUT2D eigenvalue weighted by atomic mass is 32.3. The molecule has 0 radical (unpaired) electrons. The zero-order chi connectivity index (χ0) is 21.9. The number of hydrazone groups is 1. The maximum atomic E-state index is 8.52. The molecule has 4 rings (SSSR count). The Morgan fingerprint density at radius 1 is 1.07 bits per heavy atom. The van der Waals surface area contributed by atoms with E-state index in [0.717, 1.165) is 18.7 Å². The Morgan fingerprint density at radius 3 is 2.30 bits per heavy atom. The topological polar surface area (TPSA) is 98.9 Å². The Labute approximate surface area is 177 Å². The lowest BCUT2D eigenvalue weighted by Gasteiger charge is -2.15. The molecule has 8 heteroatoms. The number of para-hydroxylation sites is 1. The molecule has 0 fully saturated rings. The van der Waals surface area contributed by atoms with Crippen LogP contribution in [0.2, 0.25) is 0 Å². The zero-order valence-electron chi connectivity index (χ0n) is 17.1. The second kappa shape index (κ2) is 8.51. The third-order valence-electron chi connectivity index (χ3n) is 5.28. The molecule has 0 bridgehead atoms. The van der Waals surface area contributed by atoms with Crippen molar-refractivity contribution in [1.29, 1.82) is 0 Å². The van der Waals surface area contributed by atoms with Gasteiger partial charge in [-0.2, -0.15) is 9.68 Å². The van der Waals surface area contributed by atoms with Gasteiger partial charge in [0, 0.05) is 47.3 Å². The summed E-state index contributed by atoms with van der Waals surface area (Å²) in [5.41, 5.74) is 6.37. The van der Waals surface area contributed by atoms with E-state index < -0.39 is 10.4 Å². The van der Waals surface area contributed by atoms with Crippen molar-refractivity contribution < 1.29 is 22.1 Å². The number of hydrogen-bond donors (Lipinski definition) is 0. The molecule has 0 spiro atoms. The van der Waals surface area contributed by atoms with Crippen molar-refractivity contribution in [1.82, 2.24) is 5.01 Å². The van der Waals surface area contributed by atoms with E-state index in [1.165, 1.54) is 22.5 Å². The number of rotatable bonds is 3. The van der Waals surface area contributed by atoms with Crippen LogP contribution in [0.3, 0.4) is 0 Å². The number of allylic oxidation sites excluding steroid dienone is 1. The Balaban J connectivity index is 0.000000461. The van der Waals surface area contributed by atoms with Gasteiger partial charge in [-0.05, 0) is 19.4 Å². The van der Waals surface area contributed by atoms with E-state index >= 15 is 0 Å². The van der Waals surface area contributed by atoms with E-state index in [1.807, 2.05) is 6.07 Å². The third-order valence-corrected chi connectivity index (χ3v) is 5.28. The maximum Gasteiger partial charge on any atom is 0.209 e. The van der Waals surface area contributed by atoms with Crippen LogP contribution in [0.15, 0.2) is 72.0 Å². The van der Waals surface area contributed by atoms with Crippen LogP contribution in [0, 0.1) is 0 Å². The van der Waals surface area contributed by atoms with Crippen molar-refractivity contribution in [2.75, 3.05) is 13.6 Å². The number of fused-ring (bicyclic) bond motifs is 1. The minimum absolute atomic E-state index is 0.00748. The molecule has 30 heavy (non-hydrogen) atoms. The minimum atomic E-state index is -5.17. The first kappa shape index (κ1) is 21.9. The summed E-state index contributed by atoms with van der Waals surface area (Å²) < 4.78 is 36.4. The number of hydrogen-bond acceptors (Lipinski definition) is 6. The highest BCUT2D eigenvalue weighted by Gasteiger charge is 2.42. The first-order chi connectivity index (χ1) is 14.1. The highest BCUT2D eigenvalue weighted by molar-refractivity contribution is 7.79. The molecule has 0 amide bonds. The van der Waals surface area contributed by atoms with Crippen LogP contribution in [0.4, 0.5) is 5.69 Å². The van der Waals surface area contributed by atoms with Crippen LogP contribution in [0.25, 0.3) is 0 Å². The van der Waals surface area contributed by atoms with Crippen molar-refractivity contribution in [3.8, 4) is 0 Å². The van der Waals surface area contributed by atoms with E-state index in [4.69, 9.17) is 22.6 Å². The Kier molecular flexibility index (Phi) is 6.21. The fraction of sp³-hybridized carbons (Fsp3) is 0.273. The van der Waals surface area contributed by atoms with Crippen LogP contribution in [-0.4, -0.2) is 52.1 Å². The van der Waals surface area contributed by atoms with Gasteiger partial charge in [0.15, 0.2) is 5.71 Å². The Hall–Kier alpha value is -2.81. The van der Waals surface area contributed by atoms with E-state index in [9.17, 15) is 0 Å². The lowest BCUT2D eigenvalue weighted by Crippen LogP contribution is -2.27. The normalized spacial score (nSPS) is 17.6. The summed E-state index contributed by atoms with van der Waals surface area (Å²) in [7, 11) is -3.02. The minimum Gasteiger partial charge on any atom is -0.759 e. The van der Waals surface area contributed by atoms with Crippen LogP contribution in [-0.2, 0) is 15.8 Å². The Morgan fingerprint density at radius 2 is 1.67 bits per heavy atom. The molecule has 2 aromatic carbocycles. The number of nitrogens with zero attached hydrogens (tertiary/aromatic N) is 3. The van der Waals surface area contributed by atoms with Gasteiger partial charge in [0.2, 0.25) is 5.69 Å². The summed E-state index contributed by atoms with van der Waals surface area (Å²) in [5, 5.41) is 6.83. The van der Waals surface area contributed by atoms with Crippen molar-refractivity contribution in [2.45, 2.75) is 25.7 Å². The van der Waals surface area contributed by atoms with Crippen LogP contribution in [0.5, 0.6) is 0 Å². The zero-order valence-corrected chi connectivity index (χ0v) is 18.0. The average Bonchev–Trinajstić information content (AvgIpc) is 3.22. The first-order valence-electron chi connectivity index (χ1n) is 9.52. The first-order valence-corrected chi connectivity index (χ1v) is 10.9. The van der Waals surface area contributed by atoms with Gasteiger partial charge in [-0.15, -0.1) is 0 Å². The van der Waals surface area contributed by atoms with Crippen molar-refractivity contribution >= 4 is 27.5 Å². The summed E-state index contributed by atoms with van der Waals surface area (Å²) in [6, 6.07) is 19.1. The molecule has 0 N–H and O–H groups in total. The van der Waals surface area contributed by atoms with Crippen LogP contribution >= 0.6 is 0 Å². The summed E-state index contributed by atoms with van der Waals surface area (Å²) in [5.74, 6) is 0. The monoisotopic (exact) mass is 426 g/mol. The smallest absolute Gasteiger partial charge is 0.209 e. The van der Waals surface area contributed by atoms with E-state index in [-0.39, 0.29) is 5.41 Å². The van der Waals surface area contributed by atoms with E-state index in [2.05, 4.69) is 91.3 Å². The molecule has 0 saturated heterocycles. The molecule has 7 nitrogen and oxygen atoms in total. The molecule has 0 saturated carbocycles. The second-order valence-corrected chi connectivity index (χ2v) is 8.45. The van der Waals surface area contributed by atoms with E-state index in [0.29, 0.717) is 0 Å². The molecule has 2 aliphatic rings. The standard InChI is InChI=1S/C22H24N3.H2O4S/c1-22(2)18-11-7-8-12-20(18)24(3)21(22)14-16-25-15-13-19(23-25)17-9-5-4-6-10-17;1-5(2,3)4/h4-12,14,16H,13,15H2,1-3H3;(H2,1,2,3,4)/q+1;/p-2. The number of benzene rings is 2. The SMILES string of the molecule is C[N+]1=C(C=CN2CCC(c3ccccc3)=N2)C(C)(C)c2ccccc21.O=S(=O)([O-])[O-]. The van der Waals surface area contributed by atoms with E-state index in [1.54, 1.807) is 0 Å². The third kappa shape index (κ3) is 5.02. The summed E-state index contributed by atoms with van der Waals surface area (Å²) in [4.78, 5) is 0. The quantitative estimate of drug-likeness (QED) is 0.427. The second-order valence-electron chi connectivity index (χ2n) is 7.64. The molecule has 0 aromatic heterocycles. The van der Waals surface area contributed by atoms with Gasteiger partial charge >= 0.3 is 0 Å². The molecular weight excluding hydrogens is 402 g/mol. The molecule has 2 aromatic rings. The average molecular weight is 427 g/mol. The molecule has 0 unspecified atom stereocenters. The Bertz CT molecular complexity index is 1110. The van der Waals surface area contributed by atoms with Gasteiger partial charge < -0.3 is 9.11 Å². The van der Waals surface area contributed by atoms with Crippen LogP contribution < -0.4 is 0 Å². The van der Waals surface area contributed by atoms with Gasteiger partial charge in [0.1, 0.15) is 7.05 Å². The molecule has 2 aliphatic heterocycles. The predicted octanol–water partition coefficient (Wildman–Crippen LogP) is 2.98. The molecule has 158 valence electrons. The lowest BCUT2D eigenvalue weighted by molar-refractivity contribution is -0.401.